The number of ether oxygens (including phenoxy) is 1. The molecule has 0 radical (unpaired) electrons. The van der Waals surface area contributed by atoms with Crippen molar-refractivity contribution in [3.63, 3.8) is 0 Å². The zero-order chi connectivity index (χ0) is 11.1. The maximum atomic E-state index is 6.25. The summed E-state index contributed by atoms with van der Waals surface area (Å²) in [6, 6.07) is 4.28. The van der Waals surface area contributed by atoms with Crippen molar-refractivity contribution in [1.82, 2.24) is 0 Å². The first-order valence-electron chi connectivity index (χ1n) is 5.13. The molecule has 0 heterocycles. The lowest BCUT2D eigenvalue weighted by molar-refractivity contribution is 0.410. The summed E-state index contributed by atoms with van der Waals surface area (Å²) in [6.45, 7) is 2.07. The predicted molar refractivity (Wildman–Crippen MR) is 64.6 cm³/mol. The lowest BCUT2D eigenvalue weighted by Gasteiger charge is -2.17. The van der Waals surface area contributed by atoms with Crippen LogP contribution in [0.1, 0.15) is 24.0 Å². The average molecular weight is 223 g/mol. The highest BCUT2D eigenvalue weighted by molar-refractivity contribution is 7.98. The lowest BCUT2D eigenvalue weighted by atomic mass is 10.0. The number of rotatable bonds is 3. The van der Waals surface area contributed by atoms with E-state index >= 15 is 0 Å². The van der Waals surface area contributed by atoms with Crippen LogP contribution in [0.15, 0.2) is 17.0 Å². The molecule has 0 atom stereocenters. The van der Waals surface area contributed by atoms with Gasteiger partial charge in [0.1, 0.15) is 5.75 Å². The predicted octanol–water partition coefficient (Wildman–Crippen LogP) is 2.67. The highest BCUT2D eigenvalue weighted by Crippen LogP contribution is 2.47. The van der Waals surface area contributed by atoms with E-state index in [9.17, 15) is 0 Å². The van der Waals surface area contributed by atoms with Gasteiger partial charge in [0.2, 0.25) is 0 Å². The van der Waals surface area contributed by atoms with E-state index in [4.69, 9.17) is 10.5 Å². The van der Waals surface area contributed by atoms with Crippen LogP contribution in [-0.4, -0.2) is 13.4 Å². The smallest absolute Gasteiger partial charge is 0.122 e. The molecule has 0 bridgehead atoms. The van der Waals surface area contributed by atoms with Crippen LogP contribution in [0.5, 0.6) is 5.75 Å². The molecule has 2 N–H and O–H groups in total. The van der Waals surface area contributed by atoms with Crippen molar-refractivity contribution < 1.29 is 4.74 Å². The van der Waals surface area contributed by atoms with Gasteiger partial charge in [-0.25, -0.2) is 0 Å². The van der Waals surface area contributed by atoms with Gasteiger partial charge in [0.25, 0.3) is 0 Å². The Morgan fingerprint density at radius 1 is 1.40 bits per heavy atom. The standard InChI is InChI=1S/C12H17NOS/c1-8-6-11(15-3)9(7-10(8)14-2)12(13)4-5-12/h6-7H,4-5,13H2,1-3H3. The van der Waals surface area contributed by atoms with Crippen molar-refractivity contribution in [3.8, 4) is 5.75 Å². The van der Waals surface area contributed by atoms with Gasteiger partial charge in [-0.1, -0.05) is 0 Å². The molecule has 2 rings (SSSR count). The Morgan fingerprint density at radius 2 is 2.07 bits per heavy atom. The summed E-state index contributed by atoms with van der Waals surface area (Å²) in [4.78, 5) is 1.29. The number of aryl methyl sites for hydroxylation is 1. The zero-order valence-corrected chi connectivity index (χ0v) is 10.3. The Balaban J connectivity index is 2.51. The maximum Gasteiger partial charge on any atom is 0.122 e. The fourth-order valence-corrected chi connectivity index (χ4v) is 2.62. The minimum Gasteiger partial charge on any atom is -0.496 e. The molecule has 0 saturated heterocycles. The van der Waals surface area contributed by atoms with E-state index in [-0.39, 0.29) is 5.54 Å². The van der Waals surface area contributed by atoms with E-state index < -0.39 is 0 Å². The Labute approximate surface area is 95.2 Å². The summed E-state index contributed by atoms with van der Waals surface area (Å²) in [7, 11) is 1.71. The number of benzene rings is 1. The number of methoxy groups -OCH3 is 1. The average Bonchev–Trinajstić information content (AvgIpc) is 2.97. The minimum absolute atomic E-state index is 0.0840. The fourth-order valence-electron chi connectivity index (χ4n) is 1.84. The minimum atomic E-state index is -0.0840. The van der Waals surface area contributed by atoms with Gasteiger partial charge in [0.15, 0.2) is 0 Å². The highest BCUT2D eigenvalue weighted by Gasteiger charge is 2.41. The summed E-state index contributed by atoms with van der Waals surface area (Å²) in [5, 5.41) is 0. The van der Waals surface area contributed by atoms with Crippen molar-refractivity contribution in [2.24, 2.45) is 5.73 Å². The molecule has 1 aromatic rings. The van der Waals surface area contributed by atoms with Gasteiger partial charge in [0.05, 0.1) is 7.11 Å². The third-order valence-electron chi connectivity index (χ3n) is 3.04. The Hall–Kier alpha value is -0.670. The van der Waals surface area contributed by atoms with Gasteiger partial charge in [-0.2, -0.15) is 0 Å². The molecule has 1 aromatic carbocycles. The molecule has 0 spiro atoms. The normalized spacial score (nSPS) is 17.6. The van der Waals surface area contributed by atoms with E-state index in [2.05, 4.69) is 25.3 Å². The molecule has 82 valence electrons. The summed E-state index contributed by atoms with van der Waals surface area (Å²) in [5.41, 5.74) is 8.59. The van der Waals surface area contributed by atoms with Crippen LogP contribution in [0.4, 0.5) is 0 Å². The van der Waals surface area contributed by atoms with Gasteiger partial charge >= 0.3 is 0 Å². The molecule has 15 heavy (non-hydrogen) atoms. The highest BCUT2D eigenvalue weighted by atomic mass is 32.2. The Kier molecular flexibility index (Phi) is 2.69. The lowest BCUT2D eigenvalue weighted by Crippen LogP contribution is -2.19. The van der Waals surface area contributed by atoms with Crippen LogP contribution < -0.4 is 10.5 Å². The number of thioether (sulfide) groups is 1. The Bertz CT molecular complexity index is 385. The monoisotopic (exact) mass is 223 g/mol. The van der Waals surface area contributed by atoms with Crippen LogP contribution in [0.3, 0.4) is 0 Å². The molecule has 1 aliphatic rings. The summed E-state index contributed by atoms with van der Waals surface area (Å²) in [5.74, 6) is 0.944. The van der Waals surface area contributed by atoms with Crippen molar-refractivity contribution >= 4 is 11.8 Å². The summed E-state index contributed by atoms with van der Waals surface area (Å²) < 4.78 is 5.34. The van der Waals surface area contributed by atoms with Gasteiger partial charge in [-0.3, -0.25) is 0 Å². The second-order valence-electron chi connectivity index (χ2n) is 4.18. The first kappa shape index (κ1) is 10.8. The first-order valence-corrected chi connectivity index (χ1v) is 6.35. The van der Waals surface area contributed by atoms with E-state index in [1.165, 1.54) is 16.0 Å². The van der Waals surface area contributed by atoms with Gasteiger partial charge in [-0.05, 0) is 49.3 Å². The van der Waals surface area contributed by atoms with E-state index in [1.807, 2.05) is 0 Å². The third kappa shape index (κ3) is 1.86. The number of nitrogens with two attached hydrogens (primary N) is 1. The molecule has 0 unspecified atom stereocenters. The molecular weight excluding hydrogens is 206 g/mol. The quantitative estimate of drug-likeness (QED) is 0.800. The van der Waals surface area contributed by atoms with Crippen molar-refractivity contribution in [3.05, 3.63) is 23.3 Å². The van der Waals surface area contributed by atoms with Crippen LogP contribution in [0.25, 0.3) is 0 Å². The first-order chi connectivity index (χ1) is 7.10. The molecule has 1 aliphatic carbocycles. The Morgan fingerprint density at radius 3 is 2.53 bits per heavy atom. The zero-order valence-electron chi connectivity index (χ0n) is 9.46. The third-order valence-corrected chi connectivity index (χ3v) is 3.82. The topological polar surface area (TPSA) is 35.2 Å². The molecular formula is C12H17NOS. The molecule has 1 fully saturated rings. The van der Waals surface area contributed by atoms with Crippen LogP contribution >= 0.6 is 11.8 Å². The molecule has 0 aromatic heterocycles. The largest absolute Gasteiger partial charge is 0.496 e. The molecule has 1 saturated carbocycles. The second kappa shape index (κ2) is 3.72. The number of hydrogen-bond donors (Lipinski definition) is 1. The second-order valence-corrected chi connectivity index (χ2v) is 5.03. The fraction of sp³-hybridized carbons (Fsp3) is 0.500. The van der Waals surface area contributed by atoms with Gasteiger partial charge in [0, 0.05) is 10.4 Å². The van der Waals surface area contributed by atoms with Crippen LogP contribution in [-0.2, 0) is 5.54 Å². The van der Waals surface area contributed by atoms with Gasteiger partial charge < -0.3 is 10.5 Å². The van der Waals surface area contributed by atoms with E-state index in [1.54, 1.807) is 18.9 Å². The molecule has 2 nitrogen and oxygen atoms in total. The number of hydrogen-bond acceptors (Lipinski definition) is 3. The van der Waals surface area contributed by atoms with Crippen LogP contribution in [0, 0.1) is 6.92 Å². The van der Waals surface area contributed by atoms with E-state index in [0.29, 0.717) is 0 Å². The summed E-state index contributed by atoms with van der Waals surface area (Å²) in [6.07, 6.45) is 4.27. The van der Waals surface area contributed by atoms with Crippen molar-refractivity contribution in [1.29, 1.82) is 0 Å². The SMILES string of the molecule is COc1cc(C2(N)CC2)c(SC)cc1C. The van der Waals surface area contributed by atoms with Crippen LogP contribution in [0.2, 0.25) is 0 Å². The van der Waals surface area contributed by atoms with Crippen molar-refractivity contribution in [2.75, 3.05) is 13.4 Å². The summed E-state index contributed by atoms with van der Waals surface area (Å²) >= 11 is 1.76. The molecule has 3 heteroatoms. The molecule has 0 amide bonds. The molecule has 0 aliphatic heterocycles. The van der Waals surface area contributed by atoms with Gasteiger partial charge in [-0.15, -0.1) is 11.8 Å². The van der Waals surface area contributed by atoms with Crippen molar-refractivity contribution in [2.45, 2.75) is 30.2 Å². The van der Waals surface area contributed by atoms with E-state index in [0.717, 1.165) is 18.6 Å². The maximum absolute atomic E-state index is 6.25.